The van der Waals surface area contributed by atoms with Gasteiger partial charge in [-0.3, -0.25) is 9.00 Å². The lowest BCUT2D eigenvalue weighted by molar-refractivity contribution is -0.115. The molecule has 2 atom stereocenters. The van der Waals surface area contributed by atoms with Crippen molar-refractivity contribution >= 4 is 22.4 Å². The molecule has 0 aliphatic rings. The van der Waals surface area contributed by atoms with Crippen LogP contribution in [0.2, 0.25) is 0 Å². The van der Waals surface area contributed by atoms with E-state index in [4.69, 9.17) is 5.26 Å². The number of nitriles is 1. The first kappa shape index (κ1) is 14.4. The normalized spacial score (nSPS) is 13.7. The molecule has 0 fully saturated rings. The van der Waals surface area contributed by atoms with Crippen LogP contribution in [0.4, 0.5) is 5.69 Å². The second-order valence-corrected chi connectivity index (χ2v) is 6.51. The maximum atomic E-state index is 11.9. The highest BCUT2D eigenvalue weighted by atomic mass is 32.2. The average Bonchev–Trinajstić information content (AvgIpc) is 2.36. The molecule has 0 heterocycles. The standard InChI is InChI=1S/C13H16N2O2S/c1-9(2)18(17)10(3)13(16)15-12-6-4-5-11(7-12)8-14/h4-7,9-10H,1-3H3,(H,15,16). The Labute approximate surface area is 109 Å². The third-order valence-corrected chi connectivity index (χ3v) is 4.28. The Bertz CT molecular complexity index is 506. The SMILES string of the molecule is CC(C)S(=O)C(C)C(=O)Nc1cccc(C#N)c1. The summed E-state index contributed by atoms with van der Waals surface area (Å²) in [5, 5.41) is 10.8. The van der Waals surface area contributed by atoms with Gasteiger partial charge in [0.1, 0.15) is 5.25 Å². The van der Waals surface area contributed by atoms with E-state index in [1.54, 1.807) is 31.2 Å². The molecule has 0 bridgehead atoms. The minimum absolute atomic E-state index is 0.0591. The summed E-state index contributed by atoms with van der Waals surface area (Å²) in [6.45, 7) is 5.27. The molecule has 1 N–H and O–H groups in total. The zero-order valence-corrected chi connectivity index (χ0v) is 11.5. The van der Waals surface area contributed by atoms with Crippen molar-refractivity contribution in [3.8, 4) is 6.07 Å². The van der Waals surface area contributed by atoms with E-state index in [1.807, 2.05) is 19.9 Å². The molecule has 0 aliphatic carbocycles. The van der Waals surface area contributed by atoms with E-state index in [0.29, 0.717) is 11.3 Å². The first-order valence-corrected chi connectivity index (χ1v) is 6.93. The van der Waals surface area contributed by atoms with E-state index >= 15 is 0 Å². The third kappa shape index (κ3) is 3.67. The highest BCUT2D eigenvalue weighted by Gasteiger charge is 2.22. The number of nitrogens with one attached hydrogen (secondary N) is 1. The van der Waals surface area contributed by atoms with Gasteiger partial charge in [-0.05, 0) is 25.1 Å². The number of nitrogens with zero attached hydrogens (tertiary/aromatic N) is 1. The Morgan fingerprint density at radius 2 is 2.06 bits per heavy atom. The van der Waals surface area contributed by atoms with Gasteiger partial charge in [0.15, 0.2) is 0 Å². The van der Waals surface area contributed by atoms with Crippen molar-refractivity contribution in [3.63, 3.8) is 0 Å². The number of amides is 1. The van der Waals surface area contributed by atoms with Crippen LogP contribution in [0.5, 0.6) is 0 Å². The van der Waals surface area contributed by atoms with Gasteiger partial charge in [-0.1, -0.05) is 19.9 Å². The number of carbonyl (C=O) groups is 1. The number of hydrogen-bond donors (Lipinski definition) is 1. The molecular formula is C13H16N2O2S. The molecule has 0 aromatic heterocycles. The number of anilines is 1. The fourth-order valence-corrected chi connectivity index (χ4v) is 2.51. The van der Waals surface area contributed by atoms with Crippen LogP contribution >= 0.6 is 0 Å². The Balaban J connectivity index is 2.76. The van der Waals surface area contributed by atoms with E-state index < -0.39 is 16.0 Å². The summed E-state index contributed by atoms with van der Waals surface area (Å²) in [7, 11) is -1.20. The molecule has 1 amide bonds. The second-order valence-electron chi connectivity index (χ2n) is 4.20. The monoisotopic (exact) mass is 264 g/mol. The summed E-state index contributed by atoms with van der Waals surface area (Å²) in [6.07, 6.45) is 0. The van der Waals surface area contributed by atoms with Gasteiger partial charge in [-0.15, -0.1) is 0 Å². The Hall–Kier alpha value is -1.67. The molecular weight excluding hydrogens is 248 g/mol. The van der Waals surface area contributed by atoms with Gasteiger partial charge in [0.05, 0.1) is 11.6 Å². The molecule has 18 heavy (non-hydrogen) atoms. The minimum Gasteiger partial charge on any atom is -0.325 e. The first-order valence-electron chi connectivity index (χ1n) is 5.66. The highest BCUT2D eigenvalue weighted by molar-refractivity contribution is 7.87. The molecule has 4 nitrogen and oxygen atoms in total. The van der Waals surface area contributed by atoms with Crippen molar-refractivity contribution in [1.29, 1.82) is 5.26 Å². The van der Waals surface area contributed by atoms with Crippen molar-refractivity contribution in [1.82, 2.24) is 0 Å². The number of hydrogen-bond acceptors (Lipinski definition) is 3. The average molecular weight is 264 g/mol. The summed E-state index contributed by atoms with van der Waals surface area (Å²) in [5.41, 5.74) is 1.03. The fourth-order valence-electron chi connectivity index (χ4n) is 1.42. The van der Waals surface area contributed by atoms with Crippen LogP contribution in [-0.4, -0.2) is 20.6 Å². The van der Waals surface area contributed by atoms with Gasteiger partial charge in [0, 0.05) is 21.7 Å². The summed E-state index contributed by atoms with van der Waals surface area (Å²) in [6, 6.07) is 8.63. The summed E-state index contributed by atoms with van der Waals surface area (Å²) >= 11 is 0. The molecule has 0 saturated carbocycles. The molecule has 1 aromatic rings. The first-order chi connectivity index (χ1) is 8.45. The third-order valence-electron chi connectivity index (χ3n) is 2.44. The van der Waals surface area contributed by atoms with E-state index in [2.05, 4.69) is 5.32 Å². The lowest BCUT2D eigenvalue weighted by Crippen LogP contribution is -2.32. The van der Waals surface area contributed by atoms with Gasteiger partial charge >= 0.3 is 0 Å². The molecule has 0 aliphatic heterocycles. The van der Waals surface area contributed by atoms with E-state index in [1.165, 1.54) is 0 Å². The maximum absolute atomic E-state index is 11.9. The second kappa shape index (κ2) is 6.31. The largest absolute Gasteiger partial charge is 0.325 e. The van der Waals surface area contributed by atoms with Crippen LogP contribution in [0.3, 0.4) is 0 Å². The Morgan fingerprint density at radius 3 is 2.61 bits per heavy atom. The predicted octanol–water partition coefficient (Wildman–Crippen LogP) is 2.04. The highest BCUT2D eigenvalue weighted by Crippen LogP contribution is 2.12. The van der Waals surface area contributed by atoms with E-state index in [-0.39, 0.29) is 11.2 Å². The van der Waals surface area contributed by atoms with Gasteiger partial charge in [0.2, 0.25) is 5.91 Å². The van der Waals surface area contributed by atoms with Crippen LogP contribution in [-0.2, 0) is 15.6 Å². The summed E-state index contributed by atoms with van der Waals surface area (Å²) in [5.74, 6) is -0.294. The Morgan fingerprint density at radius 1 is 1.39 bits per heavy atom. The minimum atomic E-state index is -1.20. The Kier molecular flexibility index (Phi) is 5.05. The van der Waals surface area contributed by atoms with Gasteiger partial charge in [0.25, 0.3) is 0 Å². The quantitative estimate of drug-likeness (QED) is 0.904. The topological polar surface area (TPSA) is 70.0 Å². The van der Waals surface area contributed by atoms with Crippen LogP contribution in [0.1, 0.15) is 26.3 Å². The van der Waals surface area contributed by atoms with Crippen LogP contribution < -0.4 is 5.32 Å². The van der Waals surface area contributed by atoms with E-state index in [0.717, 1.165) is 0 Å². The molecule has 1 rings (SSSR count). The van der Waals surface area contributed by atoms with Gasteiger partial charge in [-0.25, -0.2) is 0 Å². The van der Waals surface area contributed by atoms with Gasteiger partial charge in [-0.2, -0.15) is 5.26 Å². The molecule has 96 valence electrons. The number of carbonyl (C=O) groups excluding carboxylic acids is 1. The molecule has 5 heteroatoms. The molecule has 0 radical (unpaired) electrons. The zero-order valence-electron chi connectivity index (χ0n) is 10.6. The van der Waals surface area contributed by atoms with Crippen LogP contribution in [0, 0.1) is 11.3 Å². The number of benzene rings is 1. The van der Waals surface area contributed by atoms with E-state index in [9.17, 15) is 9.00 Å². The molecule has 0 spiro atoms. The number of rotatable bonds is 4. The van der Waals surface area contributed by atoms with Crippen molar-refractivity contribution in [2.24, 2.45) is 0 Å². The van der Waals surface area contributed by atoms with Crippen molar-refractivity contribution in [2.45, 2.75) is 31.3 Å². The molecule has 0 saturated heterocycles. The lowest BCUT2D eigenvalue weighted by Gasteiger charge is -2.14. The van der Waals surface area contributed by atoms with Crippen LogP contribution in [0.25, 0.3) is 0 Å². The van der Waals surface area contributed by atoms with Crippen molar-refractivity contribution < 1.29 is 9.00 Å². The maximum Gasteiger partial charge on any atom is 0.239 e. The summed E-state index contributed by atoms with van der Waals surface area (Å²) < 4.78 is 11.8. The predicted molar refractivity (Wildman–Crippen MR) is 72.5 cm³/mol. The van der Waals surface area contributed by atoms with Crippen molar-refractivity contribution in [3.05, 3.63) is 29.8 Å². The zero-order chi connectivity index (χ0) is 13.7. The van der Waals surface area contributed by atoms with Crippen molar-refractivity contribution in [2.75, 3.05) is 5.32 Å². The van der Waals surface area contributed by atoms with Gasteiger partial charge < -0.3 is 5.32 Å². The molecule has 1 aromatic carbocycles. The van der Waals surface area contributed by atoms with Crippen LogP contribution in [0.15, 0.2) is 24.3 Å². The lowest BCUT2D eigenvalue weighted by atomic mass is 10.2. The molecule has 2 unspecified atom stereocenters. The summed E-state index contributed by atoms with van der Waals surface area (Å²) in [4.78, 5) is 11.9. The smallest absolute Gasteiger partial charge is 0.239 e. The fraction of sp³-hybridized carbons (Fsp3) is 0.385.